The van der Waals surface area contributed by atoms with E-state index in [1.807, 2.05) is 6.07 Å². The average Bonchev–Trinajstić information content (AvgIpc) is 2.30. The van der Waals surface area contributed by atoms with Gasteiger partial charge in [-0.1, -0.05) is 12.1 Å². The number of hydrogen-bond acceptors (Lipinski definition) is 2. The molecule has 1 fully saturated rings. The first-order chi connectivity index (χ1) is 7.84. The van der Waals surface area contributed by atoms with Crippen LogP contribution in [0.2, 0.25) is 0 Å². The van der Waals surface area contributed by atoms with Crippen molar-refractivity contribution in [3.63, 3.8) is 0 Å². The molecule has 0 amide bonds. The van der Waals surface area contributed by atoms with E-state index in [-0.39, 0.29) is 5.82 Å². The van der Waals surface area contributed by atoms with Crippen LogP contribution in [0.4, 0.5) is 4.39 Å². The van der Waals surface area contributed by atoms with Gasteiger partial charge in [-0.3, -0.25) is 0 Å². The predicted molar refractivity (Wildman–Crippen MR) is 61.9 cm³/mol. The molecule has 2 nitrogen and oxygen atoms in total. The van der Waals surface area contributed by atoms with Gasteiger partial charge in [0.2, 0.25) is 0 Å². The molecule has 1 unspecified atom stereocenters. The summed E-state index contributed by atoms with van der Waals surface area (Å²) in [6, 6.07) is 7.27. The van der Waals surface area contributed by atoms with Crippen LogP contribution < -0.4 is 5.32 Å². The van der Waals surface area contributed by atoms with E-state index in [1.165, 1.54) is 12.5 Å². The molecule has 1 aliphatic heterocycles. The Morgan fingerprint density at radius 3 is 3.12 bits per heavy atom. The van der Waals surface area contributed by atoms with Crippen molar-refractivity contribution in [2.24, 2.45) is 0 Å². The van der Waals surface area contributed by atoms with E-state index in [9.17, 15) is 4.39 Å². The molecule has 1 aliphatic rings. The van der Waals surface area contributed by atoms with Crippen LogP contribution in [0.25, 0.3) is 0 Å². The average molecular weight is 223 g/mol. The third kappa shape index (κ3) is 3.58. The second-order valence-corrected chi connectivity index (χ2v) is 4.25. The van der Waals surface area contributed by atoms with E-state index in [4.69, 9.17) is 4.74 Å². The molecule has 88 valence electrons. The van der Waals surface area contributed by atoms with E-state index >= 15 is 0 Å². The molecule has 1 N–H and O–H groups in total. The standard InChI is InChI=1S/C13H18FNO/c14-12-4-1-3-11(9-12)6-7-15-13-5-2-8-16-10-13/h1,3-4,9,13,15H,2,5-8,10H2. The zero-order valence-electron chi connectivity index (χ0n) is 9.42. The van der Waals surface area contributed by atoms with Crippen molar-refractivity contribution in [2.45, 2.75) is 25.3 Å². The molecule has 1 aromatic rings. The molecular weight excluding hydrogens is 205 g/mol. The molecule has 0 bridgehead atoms. The first-order valence-corrected chi connectivity index (χ1v) is 5.90. The summed E-state index contributed by atoms with van der Waals surface area (Å²) in [5, 5.41) is 3.44. The Labute approximate surface area is 95.8 Å². The van der Waals surface area contributed by atoms with E-state index in [1.54, 1.807) is 12.1 Å². The molecule has 2 rings (SSSR count). The van der Waals surface area contributed by atoms with Gasteiger partial charge in [0, 0.05) is 12.6 Å². The lowest BCUT2D eigenvalue weighted by Gasteiger charge is -2.23. The van der Waals surface area contributed by atoms with Crippen LogP contribution in [0.1, 0.15) is 18.4 Å². The zero-order valence-corrected chi connectivity index (χ0v) is 9.42. The van der Waals surface area contributed by atoms with Crippen LogP contribution in [0, 0.1) is 5.82 Å². The fourth-order valence-electron chi connectivity index (χ4n) is 2.01. The third-order valence-electron chi connectivity index (χ3n) is 2.90. The van der Waals surface area contributed by atoms with Crippen molar-refractivity contribution in [2.75, 3.05) is 19.8 Å². The lowest BCUT2D eigenvalue weighted by atomic mass is 10.1. The van der Waals surface area contributed by atoms with Gasteiger partial charge in [-0.2, -0.15) is 0 Å². The largest absolute Gasteiger partial charge is 0.380 e. The minimum atomic E-state index is -0.154. The van der Waals surface area contributed by atoms with Crippen molar-refractivity contribution < 1.29 is 9.13 Å². The van der Waals surface area contributed by atoms with Gasteiger partial charge >= 0.3 is 0 Å². The van der Waals surface area contributed by atoms with Gasteiger partial charge in [-0.25, -0.2) is 4.39 Å². The molecule has 1 saturated heterocycles. The van der Waals surface area contributed by atoms with E-state index in [2.05, 4.69) is 5.32 Å². The van der Waals surface area contributed by atoms with Crippen LogP contribution in [0.15, 0.2) is 24.3 Å². The Bertz CT molecular complexity index is 323. The van der Waals surface area contributed by atoms with Crippen molar-refractivity contribution >= 4 is 0 Å². The molecule has 0 radical (unpaired) electrons. The SMILES string of the molecule is Fc1cccc(CCNC2CCCOC2)c1. The lowest BCUT2D eigenvalue weighted by Crippen LogP contribution is -2.37. The number of halogens is 1. The quantitative estimate of drug-likeness (QED) is 0.844. The van der Waals surface area contributed by atoms with Gasteiger partial charge in [0.25, 0.3) is 0 Å². The van der Waals surface area contributed by atoms with Crippen LogP contribution in [0.3, 0.4) is 0 Å². The summed E-state index contributed by atoms with van der Waals surface area (Å²) in [4.78, 5) is 0. The number of nitrogens with one attached hydrogen (secondary N) is 1. The summed E-state index contributed by atoms with van der Waals surface area (Å²) in [6.45, 7) is 2.59. The highest BCUT2D eigenvalue weighted by Crippen LogP contribution is 2.07. The van der Waals surface area contributed by atoms with E-state index in [0.717, 1.165) is 38.2 Å². The monoisotopic (exact) mass is 223 g/mol. The van der Waals surface area contributed by atoms with Gasteiger partial charge in [0.05, 0.1) is 6.61 Å². The van der Waals surface area contributed by atoms with Gasteiger partial charge in [0.1, 0.15) is 5.82 Å². The maximum absolute atomic E-state index is 12.9. The Morgan fingerprint density at radius 2 is 2.38 bits per heavy atom. The Hall–Kier alpha value is -0.930. The minimum Gasteiger partial charge on any atom is -0.380 e. The lowest BCUT2D eigenvalue weighted by molar-refractivity contribution is 0.0707. The molecule has 3 heteroatoms. The fraction of sp³-hybridized carbons (Fsp3) is 0.538. The zero-order chi connectivity index (χ0) is 11.2. The second-order valence-electron chi connectivity index (χ2n) is 4.25. The summed E-state index contributed by atoms with van der Waals surface area (Å²) >= 11 is 0. The molecule has 1 heterocycles. The maximum Gasteiger partial charge on any atom is 0.123 e. The minimum absolute atomic E-state index is 0.154. The molecule has 0 aromatic heterocycles. The highest BCUT2D eigenvalue weighted by Gasteiger charge is 2.12. The van der Waals surface area contributed by atoms with Crippen LogP contribution >= 0.6 is 0 Å². The van der Waals surface area contributed by atoms with E-state index < -0.39 is 0 Å². The topological polar surface area (TPSA) is 21.3 Å². The summed E-state index contributed by atoms with van der Waals surface area (Å²) < 4.78 is 18.3. The fourth-order valence-corrected chi connectivity index (χ4v) is 2.01. The van der Waals surface area contributed by atoms with Gasteiger partial charge < -0.3 is 10.1 Å². The molecule has 0 spiro atoms. The highest BCUT2D eigenvalue weighted by atomic mass is 19.1. The first kappa shape index (κ1) is 11.6. The van der Waals surface area contributed by atoms with Crippen LogP contribution in [-0.4, -0.2) is 25.8 Å². The molecule has 1 aromatic carbocycles. The van der Waals surface area contributed by atoms with Crippen molar-refractivity contribution in [1.82, 2.24) is 5.32 Å². The van der Waals surface area contributed by atoms with Gasteiger partial charge in [0.15, 0.2) is 0 Å². The van der Waals surface area contributed by atoms with E-state index in [0.29, 0.717) is 6.04 Å². The predicted octanol–water partition coefficient (Wildman–Crippen LogP) is 2.14. The normalized spacial score (nSPS) is 20.9. The summed E-state index contributed by atoms with van der Waals surface area (Å²) in [7, 11) is 0. The Balaban J connectivity index is 1.71. The van der Waals surface area contributed by atoms with Crippen molar-refractivity contribution in [1.29, 1.82) is 0 Å². The second kappa shape index (κ2) is 5.97. The first-order valence-electron chi connectivity index (χ1n) is 5.90. The Morgan fingerprint density at radius 1 is 1.44 bits per heavy atom. The highest BCUT2D eigenvalue weighted by molar-refractivity contribution is 5.16. The van der Waals surface area contributed by atoms with Gasteiger partial charge in [-0.15, -0.1) is 0 Å². The Kier molecular flexibility index (Phi) is 4.31. The van der Waals surface area contributed by atoms with Crippen LogP contribution in [-0.2, 0) is 11.2 Å². The maximum atomic E-state index is 12.9. The van der Waals surface area contributed by atoms with Crippen LogP contribution in [0.5, 0.6) is 0 Å². The number of benzene rings is 1. The molecule has 0 saturated carbocycles. The molecule has 1 atom stereocenters. The summed E-state index contributed by atoms with van der Waals surface area (Å²) in [6.07, 6.45) is 3.19. The molecular formula is C13H18FNO. The number of ether oxygens (including phenoxy) is 1. The number of rotatable bonds is 4. The summed E-state index contributed by atoms with van der Waals surface area (Å²) in [5.41, 5.74) is 1.05. The van der Waals surface area contributed by atoms with Gasteiger partial charge in [-0.05, 0) is 43.5 Å². The number of hydrogen-bond donors (Lipinski definition) is 1. The van der Waals surface area contributed by atoms with Crippen molar-refractivity contribution in [3.8, 4) is 0 Å². The summed E-state index contributed by atoms with van der Waals surface area (Å²) in [5.74, 6) is -0.154. The van der Waals surface area contributed by atoms with Crippen molar-refractivity contribution in [3.05, 3.63) is 35.6 Å². The molecule has 16 heavy (non-hydrogen) atoms. The molecule has 0 aliphatic carbocycles. The smallest absolute Gasteiger partial charge is 0.123 e. The third-order valence-corrected chi connectivity index (χ3v) is 2.90.